The van der Waals surface area contributed by atoms with Crippen LogP contribution in [-0.4, -0.2) is 58.2 Å². The molecule has 0 aliphatic heterocycles. The van der Waals surface area contributed by atoms with E-state index in [0.717, 1.165) is 63.4 Å². The van der Waals surface area contributed by atoms with Gasteiger partial charge in [0.05, 0.1) is 0 Å². The van der Waals surface area contributed by atoms with Crippen molar-refractivity contribution in [2.24, 2.45) is 11.8 Å². The number of aliphatic hydroxyl groups excluding tert-OH is 4. The van der Waals surface area contributed by atoms with E-state index in [9.17, 15) is 30.0 Å². The third kappa shape index (κ3) is 18.7. The Morgan fingerprint density at radius 2 is 1.04 bits per heavy atom. The maximum atomic E-state index is 12.4. The molecule has 6 rings (SSSR count). The summed E-state index contributed by atoms with van der Waals surface area (Å²) in [5.41, 5.74) is 11.5. The maximum Gasteiger partial charge on any atom is 0.338 e. The molecule has 0 aromatic heterocycles. The molecule has 11 nitrogen and oxygen atoms in total. The van der Waals surface area contributed by atoms with Crippen LogP contribution in [0.15, 0.2) is 159 Å². The fourth-order valence-corrected chi connectivity index (χ4v) is 8.22. The average Bonchev–Trinajstić information content (AvgIpc) is 3.46. The number of rotatable bonds is 28. The van der Waals surface area contributed by atoms with E-state index in [2.05, 4.69) is 81.6 Å². The summed E-state index contributed by atoms with van der Waals surface area (Å²) in [6, 6.07) is 40.1. The highest BCUT2D eigenvalue weighted by molar-refractivity contribution is 5.91. The van der Waals surface area contributed by atoms with E-state index in [0.29, 0.717) is 34.8 Å². The monoisotopic (exact) mass is 1060 g/mol. The number of ether oxygens (including phenoxy) is 5. The van der Waals surface area contributed by atoms with E-state index in [1.165, 1.54) is 62.2 Å². The van der Waals surface area contributed by atoms with Crippen molar-refractivity contribution in [3.63, 3.8) is 0 Å². The van der Waals surface area contributed by atoms with E-state index in [-0.39, 0.29) is 42.8 Å². The second-order valence-corrected chi connectivity index (χ2v) is 20.0. The minimum atomic E-state index is -0.971. The molecule has 0 fully saturated rings. The fraction of sp³-hybridized carbons (Fsp3) is 0.343. The third-order valence-electron chi connectivity index (χ3n) is 13.0. The van der Waals surface area contributed by atoms with Gasteiger partial charge >= 0.3 is 11.9 Å². The molecule has 0 saturated carbocycles. The highest BCUT2D eigenvalue weighted by Crippen LogP contribution is 2.40. The quantitative estimate of drug-likeness (QED) is 0.00924. The first-order valence-electron chi connectivity index (χ1n) is 27.3. The zero-order valence-corrected chi connectivity index (χ0v) is 46.6. The van der Waals surface area contributed by atoms with Gasteiger partial charge in [0.25, 0.3) is 0 Å². The molecule has 0 amide bonds. The van der Waals surface area contributed by atoms with E-state index in [1.807, 2.05) is 82.3 Å². The van der Waals surface area contributed by atoms with Crippen molar-refractivity contribution in [3.8, 4) is 67.5 Å². The first-order chi connectivity index (χ1) is 37.6. The standard InChI is InChI=1S/C35H46O6.C32H34O5/c1-6-7-8-9-26-10-12-27(13-11-26)29-16-17-31(33(22-29)41-35(38)25(4)5)30-15-14-28(18-19-36)32(23-30)39-20-21-40-34(37)24(2)3;1-5-7-8-9-23-10-12-24(13-11-23)25-14-16-26(17-15-25)28-21-29(36-31(34)6-2)27(18-19-33)20-30(28)37-32(35)22(3)4/h10-17,20-25,34-38H,6-9,18-19H2,1-5H3;6,10-17,20-21,33H,2-3,5,7-9,18-19H2,1,4H3/b21-20+;. The van der Waals surface area contributed by atoms with Gasteiger partial charge in [-0.25, -0.2) is 9.59 Å². The maximum absolute atomic E-state index is 12.4. The molecule has 0 aliphatic carbocycles. The number of benzene rings is 6. The normalized spacial score (nSPS) is 11.9. The number of esters is 2. The Labute approximate surface area is 462 Å². The highest BCUT2D eigenvalue weighted by atomic mass is 16.6. The molecule has 6 aromatic carbocycles. The summed E-state index contributed by atoms with van der Waals surface area (Å²) in [7, 11) is 0. The Bertz CT molecular complexity index is 2880. The van der Waals surface area contributed by atoms with Gasteiger partial charge in [-0.15, -0.1) is 0 Å². The van der Waals surface area contributed by atoms with Gasteiger partial charge in [0.2, 0.25) is 0 Å². The molecule has 11 heteroatoms. The molecule has 0 radical (unpaired) electrons. The van der Waals surface area contributed by atoms with Crippen LogP contribution in [0, 0.1) is 11.8 Å². The Kier molecular flexibility index (Phi) is 25.1. The number of unbranched alkanes of at least 4 members (excludes halogenated alkanes) is 4. The zero-order chi connectivity index (χ0) is 56.6. The minimum absolute atomic E-state index is 0.0248. The largest absolute Gasteiger partial charge is 0.469 e. The first kappa shape index (κ1) is 61.6. The van der Waals surface area contributed by atoms with E-state index in [4.69, 9.17) is 23.7 Å². The van der Waals surface area contributed by atoms with Crippen LogP contribution in [0.5, 0.6) is 23.0 Å². The number of carbonyl (C=O) groups is 2. The number of hydrogen-bond acceptors (Lipinski definition) is 11. The lowest BCUT2D eigenvalue weighted by atomic mass is 9.96. The highest BCUT2D eigenvalue weighted by Gasteiger charge is 2.20. The van der Waals surface area contributed by atoms with E-state index < -0.39 is 24.5 Å². The molecule has 0 bridgehead atoms. The van der Waals surface area contributed by atoms with Crippen LogP contribution in [0.1, 0.15) is 109 Å². The zero-order valence-electron chi connectivity index (χ0n) is 46.6. The van der Waals surface area contributed by atoms with Crippen LogP contribution in [-0.2, 0) is 40.0 Å². The predicted octanol–water partition coefficient (Wildman–Crippen LogP) is 14.3. The molecule has 0 saturated heterocycles. The van der Waals surface area contributed by atoms with Gasteiger partial charge in [-0.2, -0.15) is 0 Å². The van der Waals surface area contributed by atoms with Crippen LogP contribution in [0.2, 0.25) is 0 Å². The molecule has 0 spiro atoms. The summed E-state index contributed by atoms with van der Waals surface area (Å²) in [6.45, 7) is 20.4. The fourth-order valence-electron chi connectivity index (χ4n) is 8.22. The third-order valence-corrected chi connectivity index (χ3v) is 13.0. The van der Waals surface area contributed by atoms with Crippen LogP contribution >= 0.6 is 0 Å². The molecule has 0 heterocycles. The first-order valence-corrected chi connectivity index (χ1v) is 27.3. The van der Waals surface area contributed by atoms with Gasteiger partial charge in [0.1, 0.15) is 35.5 Å². The van der Waals surface area contributed by atoms with Crippen molar-refractivity contribution in [2.45, 2.75) is 125 Å². The summed E-state index contributed by atoms with van der Waals surface area (Å²) < 4.78 is 28.3. The Hall–Kier alpha value is -7.28. The van der Waals surface area contributed by atoms with Crippen molar-refractivity contribution in [3.05, 3.63) is 181 Å². The summed E-state index contributed by atoms with van der Waals surface area (Å²) in [4.78, 5) is 24.3. The van der Waals surface area contributed by atoms with Crippen LogP contribution in [0.25, 0.3) is 44.5 Å². The summed E-state index contributed by atoms with van der Waals surface area (Å²) in [5.74, 6) is 0.341. The molecule has 2 atom stereocenters. The molecule has 414 valence electrons. The smallest absolute Gasteiger partial charge is 0.338 e. The summed E-state index contributed by atoms with van der Waals surface area (Å²) in [5, 5.41) is 39.6. The lowest BCUT2D eigenvalue weighted by Gasteiger charge is -2.21. The average molecular weight is 1060 g/mol. The van der Waals surface area contributed by atoms with Gasteiger partial charge in [-0.05, 0) is 120 Å². The van der Waals surface area contributed by atoms with E-state index in [1.54, 1.807) is 19.1 Å². The number of carbonyl (C=O) groups excluding carboxylic acids is 2. The topological polar surface area (TPSA) is 161 Å². The van der Waals surface area contributed by atoms with Crippen molar-refractivity contribution < 1.29 is 53.7 Å². The van der Waals surface area contributed by atoms with Crippen molar-refractivity contribution in [2.75, 3.05) is 13.2 Å². The van der Waals surface area contributed by atoms with Gasteiger partial charge < -0.3 is 44.1 Å². The molecule has 0 aliphatic rings. The van der Waals surface area contributed by atoms with Gasteiger partial charge in [0.15, 0.2) is 12.6 Å². The molecular formula is C67H80O11. The number of hydrogen-bond donors (Lipinski definition) is 4. The second kappa shape index (κ2) is 31.8. The Morgan fingerprint density at radius 1 is 0.526 bits per heavy atom. The van der Waals surface area contributed by atoms with Crippen molar-refractivity contribution in [1.29, 1.82) is 0 Å². The van der Waals surface area contributed by atoms with Crippen LogP contribution < -0.4 is 18.9 Å². The van der Waals surface area contributed by atoms with Crippen molar-refractivity contribution >= 4 is 11.9 Å². The SMILES string of the molecule is C=CC(=O)Oc1cc(-c2ccc(-c3ccc(CCCCC)cc3)cc2)c(OC(=O)C(=C)C)cc1CCO.CCCCCc1ccc(-c2ccc(-c3ccc(CCO)c(O/C=C/OC(O)C(C)C)c3)c(OC(O)C(C)C)c2)cc1. The van der Waals surface area contributed by atoms with Crippen LogP contribution in [0.3, 0.4) is 0 Å². The van der Waals surface area contributed by atoms with Gasteiger partial charge in [0, 0.05) is 53.4 Å². The molecule has 78 heavy (non-hydrogen) atoms. The molecule has 2 unspecified atom stereocenters. The number of aliphatic hydroxyl groups is 4. The second-order valence-electron chi connectivity index (χ2n) is 20.0. The van der Waals surface area contributed by atoms with E-state index >= 15 is 0 Å². The predicted molar refractivity (Wildman–Crippen MR) is 312 cm³/mol. The Balaban J connectivity index is 0.000000289. The molecule has 6 aromatic rings. The lowest BCUT2D eigenvalue weighted by Crippen LogP contribution is -2.22. The number of aryl methyl sites for hydroxylation is 2. The summed E-state index contributed by atoms with van der Waals surface area (Å²) in [6.07, 6.45) is 12.0. The minimum Gasteiger partial charge on any atom is -0.469 e. The summed E-state index contributed by atoms with van der Waals surface area (Å²) >= 11 is 0. The lowest BCUT2D eigenvalue weighted by molar-refractivity contribution is -0.130. The molecular weight excluding hydrogens is 981 g/mol. The molecule has 4 N–H and O–H groups in total. The van der Waals surface area contributed by atoms with Crippen LogP contribution in [0.4, 0.5) is 0 Å². The van der Waals surface area contributed by atoms with Gasteiger partial charge in [-0.1, -0.05) is 177 Å². The van der Waals surface area contributed by atoms with Crippen molar-refractivity contribution in [1.82, 2.24) is 0 Å². The van der Waals surface area contributed by atoms with Gasteiger partial charge in [-0.3, -0.25) is 0 Å². The Morgan fingerprint density at radius 3 is 1.58 bits per heavy atom.